The highest BCUT2D eigenvalue weighted by atomic mass is 32.2. The van der Waals surface area contributed by atoms with Crippen LogP contribution in [0.4, 0.5) is 0 Å². The Morgan fingerprint density at radius 2 is 2.44 bits per heavy atom. The molecule has 0 saturated carbocycles. The Morgan fingerprint density at radius 1 is 1.56 bits per heavy atom. The molecule has 18 heavy (non-hydrogen) atoms. The third kappa shape index (κ3) is 3.75. The van der Waals surface area contributed by atoms with Crippen molar-refractivity contribution in [3.8, 4) is 0 Å². The summed E-state index contributed by atoms with van der Waals surface area (Å²) < 4.78 is 2.02. The number of hydrogen-bond donors (Lipinski definition) is 1. The van der Waals surface area contributed by atoms with Crippen molar-refractivity contribution in [1.29, 1.82) is 0 Å². The quantitative estimate of drug-likeness (QED) is 0.823. The van der Waals surface area contributed by atoms with Crippen molar-refractivity contribution in [3.63, 3.8) is 0 Å². The first kappa shape index (κ1) is 13.9. The molecule has 0 aliphatic carbocycles. The number of aromatic nitrogens is 2. The van der Waals surface area contributed by atoms with Gasteiger partial charge in [0.2, 0.25) is 0 Å². The molecule has 2 unspecified atom stereocenters. The fourth-order valence-electron chi connectivity index (χ4n) is 2.54. The van der Waals surface area contributed by atoms with Crippen LogP contribution in [-0.2, 0) is 13.0 Å². The number of aryl methyl sites for hydroxylation is 1. The normalized spacial score (nSPS) is 21.3. The van der Waals surface area contributed by atoms with Gasteiger partial charge in [0.1, 0.15) is 0 Å². The van der Waals surface area contributed by atoms with Crippen molar-refractivity contribution >= 4 is 11.8 Å². The van der Waals surface area contributed by atoms with E-state index in [0.717, 1.165) is 25.4 Å². The Balaban J connectivity index is 1.94. The van der Waals surface area contributed by atoms with Crippen LogP contribution in [0, 0.1) is 5.92 Å². The van der Waals surface area contributed by atoms with E-state index >= 15 is 0 Å². The zero-order chi connectivity index (χ0) is 12.8. The van der Waals surface area contributed by atoms with E-state index in [4.69, 9.17) is 0 Å². The van der Waals surface area contributed by atoms with Crippen LogP contribution in [0.2, 0.25) is 0 Å². The molecule has 1 aliphatic rings. The number of nitrogens with zero attached hydrogens (tertiary/aromatic N) is 2. The lowest BCUT2D eigenvalue weighted by Gasteiger charge is -2.23. The highest BCUT2D eigenvalue weighted by Crippen LogP contribution is 2.27. The SMILES string of the molecule is CCCNC(Cc1cnn(CC)c1)C1CCSC1. The van der Waals surface area contributed by atoms with E-state index in [2.05, 4.69) is 42.2 Å². The first-order chi connectivity index (χ1) is 8.83. The molecule has 2 heterocycles. The maximum Gasteiger partial charge on any atom is 0.0522 e. The summed E-state index contributed by atoms with van der Waals surface area (Å²) in [6.45, 7) is 6.47. The van der Waals surface area contributed by atoms with E-state index in [1.165, 1.54) is 29.9 Å². The van der Waals surface area contributed by atoms with Crippen LogP contribution in [0.5, 0.6) is 0 Å². The molecule has 0 aromatic carbocycles. The fourth-order valence-corrected chi connectivity index (χ4v) is 3.88. The van der Waals surface area contributed by atoms with Crippen molar-refractivity contribution in [3.05, 3.63) is 18.0 Å². The molecule has 1 N–H and O–H groups in total. The summed E-state index contributed by atoms with van der Waals surface area (Å²) in [5.74, 6) is 3.50. The van der Waals surface area contributed by atoms with E-state index in [9.17, 15) is 0 Å². The third-order valence-corrected chi connectivity index (χ3v) is 4.85. The number of hydrogen-bond acceptors (Lipinski definition) is 3. The summed E-state index contributed by atoms with van der Waals surface area (Å²) in [6, 6.07) is 0.634. The van der Waals surface area contributed by atoms with Gasteiger partial charge in [-0.15, -0.1) is 0 Å². The van der Waals surface area contributed by atoms with Crippen molar-refractivity contribution < 1.29 is 0 Å². The van der Waals surface area contributed by atoms with Crippen LogP contribution in [0.15, 0.2) is 12.4 Å². The fraction of sp³-hybridized carbons (Fsp3) is 0.786. The topological polar surface area (TPSA) is 29.9 Å². The maximum absolute atomic E-state index is 4.38. The van der Waals surface area contributed by atoms with Gasteiger partial charge >= 0.3 is 0 Å². The first-order valence-corrected chi connectivity index (χ1v) is 8.31. The van der Waals surface area contributed by atoms with Gasteiger partial charge in [0.05, 0.1) is 6.20 Å². The Morgan fingerprint density at radius 3 is 3.06 bits per heavy atom. The lowest BCUT2D eigenvalue weighted by atomic mass is 9.94. The molecule has 0 amide bonds. The number of thioether (sulfide) groups is 1. The molecule has 3 nitrogen and oxygen atoms in total. The molecular formula is C14H25N3S. The molecule has 0 radical (unpaired) electrons. The van der Waals surface area contributed by atoms with Gasteiger partial charge in [-0.25, -0.2) is 0 Å². The van der Waals surface area contributed by atoms with Gasteiger partial charge in [0, 0.05) is 18.8 Å². The van der Waals surface area contributed by atoms with Gasteiger partial charge in [0.15, 0.2) is 0 Å². The highest BCUT2D eigenvalue weighted by molar-refractivity contribution is 7.99. The highest BCUT2D eigenvalue weighted by Gasteiger charge is 2.25. The molecule has 1 aromatic heterocycles. The molecule has 4 heteroatoms. The average molecular weight is 267 g/mol. The van der Waals surface area contributed by atoms with Crippen molar-refractivity contribution in [2.75, 3.05) is 18.1 Å². The molecule has 102 valence electrons. The summed E-state index contributed by atoms with van der Waals surface area (Å²) >= 11 is 2.10. The second kappa shape index (κ2) is 7.19. The van der Waals surface area contributed by atoms with Gasteiger partial charge < -0.3 is 5.32 Å². The van der Waals surface area contributed by atoms with Crippen LogP contribution < -0.4 is 5.32 Å². The van der Waals surface area contributed by atoms with Gasteiger partial charge in [-0.2, -0.15) is 16.9 Å². The lowest BCUT2D eigenvalue weighted by Crippen LogP contribution is -2.38. The van der Waals surface area contributed by atoms with Crippen LogP contribution in [0.25, 0.3) is 0 Å². The lowest BCUT2D eigenvalue weighted by molar-refractivity contribution is 0.380. The van der Waals surface area contributed by atoms with Crippen LogP contribution in [0.1, 0.15) is 32.3 Å². The average Bonchev–Trinajstić information content (AvgIpc) is 3.05. The molecule has 2 rings (SSSR count). The molecule has 0 bridgehead atoms. The molecule has 1 fully saturated rings. The minimum Gasteiger partial charge on any atom is -0.313 e. The summed E-state index contributed by atoms with van der Waals surface area (Å²) in [5.41, 5.74) is 1.38. The minimum absolute atomic E-state index is 0.634. The second-order valence-electron chi connectivity index (χ2n) is 5.09. The summed E-state index contributed by atoms with van der Waals surface area (Å²) in [5, 5.41) is 8.12. The number of nitrogens with one attached hydrogen (secondary N) is 1. The summed E-state index contributed by atoms with van der Waals surface area (Å²) in [6.07, 6.45) is 7.94. The van der Waals surface area contributed by atoms with E-state index in [1.807, 2.05) is 10.9 Å². The van der Waals surface area contributed by atoms with Gasteiger partial charge in [-0.1, -0.05) is 6.92 Å². The molecular weight excluding hydrogens is 242 g/mol. The van der Waals surface area contributed by atoms with E-state index in [-0.39, 0.29) is 0 Å². The van der Waals surface area contributed by atoms with Gasteiger partial charge in [-0.3, -0.25) is 4.68 Å². The molecule has 2 atom stereocenters. The van der Waals surface area contributed by atoms with E-state index < -0.39 is 0 Å². The van der Waals surface area contributed by atoms with Crippen LogP contribution in [0.3, 0.4) is 0 Å². The standard InChI is InChI=1S/C14H25N3S/c1-3-6-15-14(13-5-7-18-11-13)8-12-9-16-17(4-2)10-12/h9-10,13-15H,3-8,11H2,1-2H3. The third-order valence-electron chi connectivity index (χ3n) is 3.66. The Kier molecular flexibility index (Phi) is 5.57. The maximum atomic E-state index is 4.38. The van der Waals surface area contributed by atoms with Crippen LogP contribution >= 0.6 is 11.8 Å². The van der Waals surface area contributed by atoms with Crippen molar-refractivity contribution in [2.45, 2.75) is 45.7 Å². The predicted octanol–water partition coefficient (Wildman–Crippen LogP) is 2.57. The van der Waals surface area contributed by atoms with Crippen molar-refractivity contribution in [2.24, 2.45) is 5.92 Å². The van der Waals surface area contributed by atoms with Gasteiger partial charge in [0.25, 0.3) is 0 Å². The predicted molar refractivity (Wildman–Crippen MR) is 79.1 cm³/mol. The zero-order valence-electron chi connectivity index (χ0n) is 11.6. The molecule has 1 aliphatic heterocycles. The zero-order valence-corrected chi connectivity index (χ0v) is 12.4. The van der Waals surface area contributed by atoms with Crippen molar-refractivity contribution in [1.82, 2.24) is 15.1 Å². The minimum atomic E-state index is 0.634. The second-order valence-corrected chi connectivity index (χ2v) is 6.24. The molecule has 0 spiro atoms. The molecule has 1 aromatic rings. The smallest absolute Gasteiger partial charge is 0.0522 e. The molecule has 1 saturated heterocycles. The Labute approximate surface area is 115 Å². The Hall–Kier alpha value is -0.480. The Bertz CT molecular complexity index is 345. The summed E-state index contributed by atoms with van der Waals surface area (Å²) in [7, 11) is 0. The summed E-state index contributed by atoms with van der Waals surface area (Å²) in [4.78, 5) is 0. The largest absolute Gasteiger partial charge is 0.313 e. The number of rotatable bonds is 7. The van der Waals surface area contributed by atoms with E-state index in [0.29, 0.717) is 6.04 Å². The van der Waals surface area contributed by atoms with Crippen LogP contribution in [-0.4, -0.2) is 33.9 Å². The first-order valence-electron chi connectivity index (χ1n) is 7.16. The monoisotopic (exact) mass is 267 g/mol. The van der Waals surface area contributed by atoms with E-state index in [1.54, 1.807) is 0 Å². The van der Waals surface area contributed by atoms with Gasteiger partial charge in [-0.05, 0) is 55.7 Å².